The van der Waals surface area contributed by atoms with Crippen LogP contribution in [0.4, 0.5) is 13.2 Å². The van der Waals surface area contributed by atoms with Gasteiger partial charge in [0.15, 0.2) is 11.5 Å². The van der Waals surface area contributed by atoms with Gasteiger partial charge in [0.2, 0.25) is 0 Å². The molecule has 3 rings (SSSR count). The fourth-order valence-corrected chi connectivity index (χ4v) is 2.07. The number of benzene rings is 2. The Balaban J connectivity index is 2.22. The van der Waals surface area contributed by atoms with Crippen LogP contribution < -0.4 is 9.47 Å². The van der Waals surface area contributed by atoms with Gasteiger partial charge in [0, 0.05) is 11.1 Å². The third-order valence-electron chi connectivity index (χ3n) is 2.84. The zero-order valence-corrected chi connectivity index (χ0v) is 9.84. The minimum absolute atomic E-state index is 0.106. The number of alkyl halides is 2. The Kier molecular flexibility index (Phi) is 2.45. The zero-order valence-electron chi connectivity index (χ0n) is 9.84. The van der Waals surface area contributed by atoms with E-state index in [1.54, 1.807) is 6.92 Å². The Labute approximate surface area is 107 Å². The molecule has 0 bridgehead atoms. The molecule has 1 radical (unpaired) electrons. The molecular formula is C14H8F3O2. The molecule has 1 heterocycles. The van der Waals surface area contributed by atoms with Gasteiger partial charge in [0.1, 0.15) is 5.82 Å². The first-order valence-electron chi connectivity index (χ1n) is 5.54. The Morgan fingerprint density at radius 1 is 1.16 bits per heavy atom. The molecule has 0 spiro atoms. The van der Waals surface area contributed by atoms with Gasteiger partial charge in [-0.15, -0.1) is 8.78 Å². The Morgan fingerprint density at radius 3 is 2.68 bits per heavy atom. The minimum atomic E-state index is -3.72. The SMILES string of the molecule is Cc1[c]ccc(F)c1-c1cccc2c1OC(F)(F)O2. The van der Waals surface area contributed by atoms with Crippen molar-refractivity contribution in [1.82, 2.24) is 0 Å². The number of hydrogen-bond donors (Lipinski definition) is 0. The molecule has 0 aromatic heterocycles. The van der Waals surface area contributed by atoms with Crippen molar-refractivity contribution in [2.24, 2.45) is 0 Å². The van der Waals surface area contributed by atoms with Gasteiger partial charge >= 0.3 is 6.29 Å². The lowest BCUT2D eigenvalue weighted by molar-refractivity contribution is -0.286. The average Bonchev–Trinajstić information content (AvgIpc) is 2.63. The highest BCUT2D eigenvalue weighted by atomic mass is 19.3. The minimum Gasteiger partial charge on any atom is -0.395 e. The number of aryl methyl sites for hydroxylation is 1. The second kappa shape index (κ2) is 3.91. The summed E-state index contributed by atoms with van der Waals surface area (Å²) >= 11 is 0. The number of hydrogen-bond acceptors (Lipinski definition) is 2. The summed E-state index contributed by atoms with van der Waals surface area (Å²) in [5.41, 5.74) is 0.911. The molecule has 0 saturated heterocycles. The van der Waals surface area contributed by atoms with Gasteiger partial charge in [0.25, 0.3) is 0 Å². The standard InChI is InChI=1S/C14H8F3O2/c1-8-4-2-6-10(15)12(8)9-5-3-7-11-13(9)19-14(16,17)18-11/h2-3,5-7H,1H3. The summed E-state index contributed by atoms with van der Waals surface area (Å²) in [5.74, 6) is -0.789. The monoisotopic (exact) mass is 265 g/mol. The Morgan fingerprint density at radius 2 is 1.95 bits per heavy atom. The van der Waals surface area contributed by atoms with Crippen LogP contribution in [0.25, 0.3) is 11.1 Å². The molecule has 1 aliphatic heterocycles. The van der Waals surface area contributed by atoms with Gasteiger partial charge in [-0.2, -0.15) is 0 Å². The van der Waals surface area contributed by atoms with E-state index < -0.39 is 12.1 Å². The summed E-state index contributed by atoms with van der Waals surface area (Å²) in [7, 11) is 0. The molecule has 0 unspecified atom stereocenters. The van der Waals surface area contributed by atoms with Crippen LogP contribution in [0.2, 0.25) is 0 Å². The van der Waals surface area contributed by atoms with E-state index in [-0.39, 0.29) is 22.6 Å². The molecule has 2 nitrogen and oxygen atoms in total. The highest BCUT2D eigenvalue weighted by Gasteiger charge is 2.44. The van der Waals surface area contributed by atoms with E-state index in [4.69, 9.17) is 0 Å². The van der Waals surface area contributed by atoms with Gasteiger partial charge in [-0.1, -0.05) is 18.2 Å². The van der Waals surface area contributed by atoms with Crippen molar-refractivity contribution >= 4 is 0 Å². The third kappa shape index (κ3) is 1.91. The van der Waals surface area contributed by atoms with Crippen molar-refractivity contribution in [3.8, 4) is 22.6 Å². The molecule has 1 aliphatic rings. The van der Waals surface area contributed by atoms with E-state index in [2.05, 4.69) is 15.5 Å². The highest BCUT2D eigenvalue weighted by molar-refractivity contribution is 5.77. The molecule has 0 amide bonds. The lowest BCUT2D eigenvalue weighted by atomic mass is 9.99. The van der Waals surface area contributed by atoms with Crippen LogP contribution in [0.15, 0.2) is 30.3 Å². The predicted octanol–water partition coefficient (Wildman–Crippen LogP) is 3.92. The Hall–Kier alpha value is -2.17. The summed E-state index contributed by atoms with van der Waals surface area (Å²) < 4.78 is 48.9. The van der Waals surface area contributed by atoms with Crippen molar-refractivity contribution in [3.05, 3.63) is 47.8 Å². The number of para-hydroxylation sites is 1. The third-order valence-corrected chi connectivity index (χ3v) is 2.84. The highest BCUT2D eigenvalue weighted by Crippen LogP contribution is 2.47. The summed E-state index contributed by atoms with van der Waals surface area (Å²) in [4.78, 5) is 0. The van der Waals surface area contributed by atoms with Crippen LogP contribution in [-0.2, 0) is 0 Å². The van der Waals surface area contributed by atoms with Gasteiger partial charge in [-0.05, 0) is 30.7 Å². The van der Waals surface area contributed by atoms with E-state index in [0.29, 0.717) is 5.56 Å². The first-order valence-corrected chi connectivity index (χ1v) is 5.54. The van der Waals surface area contributed by atoms with Crippen LogP contribution in [0.3, 0.4) is 0 Å². The van der Waals surface area contributed by atoms with Crippen LogP contribution >= 0.6 is 0 Å². The molecule has 0 N–H and O–H groups in total. The maximum atomic E-state index is 13.9. The molecule has 0 fully saturated rings. The summed E-state index contributed by atoms with van der Waals surface area (Å²) in [6.45, 7) is 1.64. The fraction of sp³-hybridized carbons (Fsp3) is 0.143. The molecule has 2 aromatic carbocycles. The maximum absolute atomic E-state index is 13.9. The average molecular weight is 265 g/mol. The maximum Gasteiger partial charge on any atom is 0.586 e. The molecule has 19 heavy (non-hydrogen) atoms. The smallest absolute Gasteiger partial charge is 0.395 e. The van der Waals surface area contributed by atoms with Gasteiger partial charge in [-0.3, -0.25) is 0 Å². The van der Waals surface area contributed by atoms with Crippen LogP contribution in [0, 0.1) is 18.8 Å². The zero-order chi connectivity index (χ0) is 13.6. The molecule has 2 aromatic rings. The lowest BCUT2D eigenvalue weighted by Gasteiger charge is -2.10. The summed E-state index contributed by atoms with van der Waals surface area (Å²) in [6, 6.07) is 9.83. The van der Waals surface area contributed by atoms with Gasteiger partial charge in [-0.25, -0.2) is 4.39 Å². The van der Waals surface area contributed by atoms with Gasteiger partial charge < -0.3 is 9.47 Å². The molecule has 0 atom stereocenters. The van der Waals surface area contributed by atoms with Crippen LogP contribution in [-0.4, -0.2) is 6.29 Å². The molecule has 0 aliphatic carbocycles. The molecule has 97 valence electrons. The van der Waals surface area contributed by atoms with Crippen molar-refractivity contribution in [2.75, 3.05) is 0 Å². The van der Waals surface area contributed by atoms with E-state index >= 15 is 0 Å². The topological polar surface area (TPSA) is 18.5 Å². The van der Waals surface area contributed by atoms with Crippen molar-refractivity contribution < 1.29 is 22.6 Å². The molecule has 5 heteroatoms. The molecule has 0 saturated carbocycles. The first kappa shape index (κ1) is 11.9. The van der Waals surface area contributed by atoms with E-state index in [1.807, 2.05) is 0 Å². The lowest BCUT2D eigenvalue weighted by Crippen LogP contribution is -2.26. The second-order valence-electron chi connectivity index (χ2n) is 4.13. The second-order valence-corrected chi connectivity index (χ2v) is 4.13. The first-order chi connectivity index (χ1) is 8.98. The fourth-order valence-electron chi connectivity index (χ4n) is 2.07. The van der Waals surface area contributed by atoms with E-state index in [0.717, 1.165) is 0 Å². The van der Waals surface area contributed by atoms with Crippen LogP contribution in [0.1, 0.15) is 5.56 Å². The quantitative estimate of drug-likeness (QED) is 0.778. The number of rotatable bonds is 1. The van der Waals surface area contributed by atoms with Crippen molar-refractivity contribution in [1.29, 1.82) is 0 Å². The number of halogens is 3. The normalized spacial score (nSPS) is 15.6. The van der Waals surface area contributed by atoms with Crippen molar-refractivity contribution in [2.45, 2.75) is 13.2 Å². The van der Waals surface area contributed by atoms with Crippen LogP contribution in [0.5, 0.6) is 11.5 Å². The summed E-state index contributed by atoms with van der Waals surface area (Å²) in [5, 5.41) is 0. The largest absolute Gasteiger partial charge is 0.586 e. The summed E-state index contributed by atoms with van der Waals surface area (Å²) in [6.07, 6.45) is -3.72. The van der Waals surface area contributed by atoms with E-state index in [1.165, 1.54) is 30.3 Å². The van der Waals surface area contributed by atoms with E-state index in [9.17, 15) is 13.2 Å². The predicted molar refractivity (Wildman–Crippen MR) is 61.6 cm³/mol. The number of fused-ring (bicyclic) bond motifs is 1. The van der Waals surface area contributed by atoms with Gasteiger partial charge in [0.05, 0.1) is 0 Å². The van der Waals surface area contributed by atoms with Crippen molar-refractivity contribution in [3.63, 3.8) is 0 Å². The molecular weight excluding hydrogens is 257 g/mol. The Bertz CT molecular complexity index is 633. The number of ether oxygens (including phenoxy) is 2.